The van der Waals surface area contributed by atoms with Crippen LogP contribution in [0.15, 0.2) is 47.4 Å². The van der Waals surface area contributed by atoms with Gasteiger partial charge in [-0.25, -0.2) is 13.2 Å². The van der Waals surface area contributed by atoms with Crippen LogP contribution in [0.5, 0.6) is 0 Å². The number of benzene rings is 2. The van der Waals surface area contributed by atoms with Gasteiger partial charge < -0.3 is 15.5 Å². The molecule has 2 heterocycles. The number of rotatable bonds is 8. The summed E-state index contributed by atoms with van der Waals surface area (Å²) in [5, 5.41) is 5.67. The normalized spacial score (nSPS) is 16.3. The molecule has 182 valence electrons. The molecule has 2 fully saturated rings. The third-order valence-electron chi connectivity index (χ3n) is 6.28. The Labute approximate surface area is 200 Å². The van der Waals surface area contributed by atoms with Gasteiger partial charge in [-0.1, -0.05) is 19.9 Å². The maximum atomic E-state index is 13.4. The van der Waals surface area contributed by atoms with Crippen molar-refractivity contribution in [1.29, 1.82) is 0 Å². The molecule has 2 aromatic rings. The first-order valence-electron chi connectivity index (χ1n) is 11.7. The van der Waals surface area contributed by atoms with Crippen LogP contribution in [0.1, 0.15) is 37.0 Å². The molecule has 0 aliphatic carbocycles. The first-order valence-corrected chi connectivity index (χ1v) is 13.1. The number of urea groups is 1. The Morgan fingerprint density at radius 3 is 2.44 bits per heavy atom. The van der Waals surface area contributed by atoms with Gasteiger partial charge >= 0.3 is 6.03 Å². The van der Waals surface area contributed by atoms with Crippen molar-refractivity contribution in [2.24, 2.45) is 0 Å². The molecule has 0 spiro atoms. The lowest BCUT2D eigenvalue weighted by Crippen LogP contribution is -2.31. The van der Waals surface area contributed by atoms with Crippen molar-refractivity contribution in [2.45, 2.75) is 31.6 Å². The minimum Gasteiger partial charge on any atom is -0.371 e. The van der Waals surface area contributed by atoms with Gasteiger partial charge in [0.1, 0.15) is 0 Å². The molecule has 10 heteroatoms. The average molecular weight is 486 g/mol. The number of hydrogen-bond acceptors (Lipinski definition) is 5. The maximum absolute atomic E-state index is 13.4. The van der Waals surface area contributed by atoms with Crippen LogP contribution in [0.3, 0.4) is 0 Å². The monoisotopic (exact) mass is 485 g/mol. The van der Waals surface area contributed by atoms with Gasteiger partial charge in [0.25, 0.3) is 5.91 Å². The molecule has 3 amide bonds. The van der Waals surface area contributed by atoms with E-state index in [4.69, 9.17) is 0 Å². The number of anilines is 3. The van der Waals surface area contributed by atoms with Gasteiger partial charge in [-0.2, -0.15) is 4.31 Å². The summed E-state index contributed by atoms with van der Waals surface area (Å²) < 4.78 is 27.6. The number of hydrogen-bond donors (Lipinski definition) is 2. The zero-order chi connectivity index (χ0) is 24.3. The van der Waals surface area contributed by atoms with Crippen LogP contribution in [0.25, 0.3) is 0 Å². The molecular formula is C24H31N5O4S. The van der Waals surface area contributed by atoms with E-state index < -0.39 is 10.0 Å². The topological polar surface area (TPSA) is 102 Å². The third kappa shape index (κ3) is 4.74. The highest BCUT2D eigenvalue weighted by atomic mass is 32.2. The number of nitrogens with one attached hydrogen (secondary N) is 2. The van der Waals surface area contributed by atoms with Gasteiger partial charge in [-0.15, -0.1) is 0 Å². The van der Waals surface area contributed by atoms with Crippen molar-refractivity contribution in [1.82, 2.24) is 9.62 Å². The summed E-state index contributed by atoms with van der Waals surface area (Å²) in [6.45, 7) is 7.06. The number of carbonyl (C=O) groups is 2. The number of nitrogens with zero attached hydrogens (tertiary/aromatic N) is 3. The summed E-state index contributed by atoms with van der Waals surface area (Å²) in [6.07, 6.45) is 2.06. The highest BCUT2D eigenvalue weighted by Gasteiger charge is 2.27. The molecule has 0 unspecified atom stereocenters. The molecule has 2 aromatic carbocycles. The molecule has 0 atom stereocenters. The van der Waals surface area contributed by atoms with E-state index in [0.717, 1.165) is 31.6 Å². The quantitative estimate of drug-likeness (QED) is 0.598. The molecule has 0 saturated carbocycles. The Morgan fingerprint density at radius 2 is 1.79 bits per heavy atom. The fourth-order valence-electron chi connectivity index (χ4n) is 4.47. The van der Waals surface area contributed by atoms with Gasteiger partial charge in [0.05, 0.1) is 10.5 Å². The summed E-state index contributed by atoms with van der Waals surface area (Å²) in [6, 6.07) is 11.7. The van der Waals surface area contributed by atoms with E-state index in [2.05, 4.69) is 15.5 Å². The Hall–Kier alpha value is -3.11. The Morgan fingerprint density at radius 1 is 1.06 bits per heavy atom. The fourth-order valence-corrected chi connectivity index (χ4v) is 5.96. The highest BCUT2D eigenvalue weighted by Crippen LogP contribution is 2.30. The molecule has 2 aliphatic rings. The predicted octanol–water partition coefficient (Wildman–Crippen LogP) is 3.10. The summed E-state index contributed by atoms with van der Waals surface area (Å²) >= 11 is 0. The fraction of sp³-hybridized carbons (Fsp3) is 0.417. The van der Waals surface area contributed by atoms with E-state index in [0.29, 0.717) is 43.1 Å². The smallest absolute Gasteiger partial charge is 0.321 e. The van der Waals surface area contributed by atoms with E-state index in [1.165, 1.54) is 10.4 Å². The molecular weight excluding hydrogens is 454 g/mol. The van der Waals surface area contributed by atoms with E-state index >= 15 is 0 Å². The highest BCUT2D eigenvalue weighted by molar-refractivity contribution is 7.89. The molecule has 0 bridgehead atoms. The molecule has 34 heavy (non-hydrogen) atoms. The van der Waals surface area contributed by atoms with E-state index in [9.17, 15) is 18.0 Å². The van der Waals surface area contributed by atoms with Crippen LogP contribution in [0.2, 0.25) is 0 Å². The lowest BCUT2D eigenvalue weighted by atomic mass is 10.1. The van der Waals surface area contributed by atoms with Crippen LogP contribution >= 0.6 is 0 Å². The van der Waals surface area contributed by atoms with E-state index in [1.807, 2.05) is 6.07 Å². The lowest BCUT2D eigenvalue weighted by Gasteiger charge is -2.23. The van der Waals surface area contributed by atoms with Crippen molar-refractivity contribution in [2.75, 3.05) is 54.4 Å². The Bertz CT molecular complexity index is 1170. The molecule has 0 radical (unpaired) electrons. The minimum atomic E-state index is -3.71. The van der Waals surface area contributed by atoms with Gasteiger partial charge in [0.15, 0.2) is 0 Å². The second-order valence-electron chi connectivity index (χ2n) is 8.35. The Kier molecular flexibility index (Phi) is 7.08. The molecule has 2 saturated heterocycles. The van der Waals surface area contributed by atoms with E-state index in [-0.39, 0.29) is 16.8 Å². The Balaban J connectivity index is 1.67. The summed E-state index contributed by atoms with van der Waals surface area (Å²) in [4.78, 5) is 29.3. The molecule has 2 aliphatic heterocycles. The van der Waals surface area contributed by atoms with Crippen molar-refractivity contribution in [3.63, 3.8) is 0 Å². The average Bonchev–Trinajstić information content (AvgIpc) is 3.51. The lowest BCUT2D eigenvalue weighted by molar-refractivity contribution is 0.102. The van der Waals surface area contributed by atoms with Crippen molar-refractivity contribution in [3.8, 4) is 0 Å². The van der Waals surface area contributed by atoms with Crippen molar-refractivity contribution in [3.05, 3.63) is 48.0 Å². The second kappa shape index (κ2) is 10.0. The largest absolute Gasteiger partial charge is 0.371 e. The van der Waals surface area contributed by atoms with Crippen LogP contribution in [0, 0.1) is 0 Å². The summed E-state index contributed by atoms with van der Waals surface area (Å²) in [7, 11) is -3.71. The van der Waals surface area contributed by atoms with Crippen LogP contribution in [-0.4, -0.2) is 63.9 Å². The SMILES string of the molecule is CCN(CC)S(=O)(=O)c1ccc(N2CCCC2)c(C(=O)Nc2cccc(N3CCNC3=O)c2)c1. The predicted molar refractivity (Wildman–Crippen MR) is 133 cm³/mol. The first kappa shape index (κ1) is 24.0. The summed E-state index contributed by atoms with van der Waals surface area (Å²) in [5.41, 5.74) is 2.26. The zero-order valence-corrected chi connectivity index (χ0v) is 20.4. The third-order valence-corrected chi connectivity index (χ3v) is 8.32. The van der Waals surface area contributed by atoms with Gasteiger partial charge in [-0.05, 0) is 49.2 Å². The van der Waals surface area contributed by atoms with Gasteiger partial charge in [-0.3, -0.25) is 9.69 Å². The number of carbonyl (C=O) groups excluding carboxylic acids is 2. The number of amides is 3. The molecule has 9 nitrogen and oxygen atoms in total. The summed E-state index contributed by atoms with van der Waals surface area (Å²) in [5.74, 6) is -0.387. The maximum Gasteiger partial charge on any atom is 0.321 e. The van der Waals surface area contributed by atoms with Crippen LogP contribution < -0.4 is 20.4 Å². The van der Waals surface area contributed by atoms with E-state index in [1.54, 1.807) is 49.1 Å². The van der Waals surface area contributed by atoms with Gasteiger partial charge in [0, 0.05) is 56.3 Å². The number of sulfonamides is 1. The minimum absolute atomic E-state index is 0.104. The molecule has 0 aromatic heterocycles. The van der Waals surface area contributed by atoms with Crippen LogP contribution in [-0.2, 0) is 10.0 Å². The van der Waals surface area contributed by atoms with Gasteiger partial charge in [0.2, 0.25) is 10.0 Å². The first-order chi connectivity index (χ1) is 16.3. The van der Waals surface area contributed by atoms with Crippen LogP contribution in [0.4, 0.5) is 21.9 Å². The molecule has 4 rings (SSSR count). The van der Waals surface area contributed by atoms with Crippen molar-refractivity contribution >= 4 is 39.0 Å². The standard InChI is InChI=1S/C24H31N5O4S/c1-3-28(4-2)34(32,33)20-10-11-22(27-13-5-6-14-27)21(17-20)23(30)26-18-8-7-9-19(16-18)29-15-12-25-24(29)31/h7-11,16-17H,3-6,12-15H2,1-2H3,(H,25,31)(H,26,30). The second-order valence-corrected chi connectivity index (χ2v) is 10.3. The van der Waals surface area contributed by atoms with Crippen molar-refractivity contribution < 1.29 is 18.0 Å². The molecule has 2 N–H and O–H groups in total. The zero-order valence-electron chi connectivity index (χ0n) is 19.6.